The summed E-state index contributed by atoms with van der Waals surface area (Å²) < 4.78 is 0. The number of rotatable bonds is 4. The van der Waals surface area contributed by atoms with Crippen LogP contribution in [0.15, 0.2) is 29.2 Å². The molecule has 2 unspecified atom stereocenters. The Morgan fingerprint density at radius 2 is 1.89 bits per heavy atom. The number of hydrogen-bond donors (Lipinski definition) is 1. The largest absolute Gasteiger partial charge is 0.313 e. The van der Waals surface area contributed by atoms with Gasteiger partial charge in [-0.05, 0) is 31.5 Å². The predicted octanol–water partition coefficient (Wildman–Crippen LogP) is 5.13. The van der Waals surface area contributed by atoms with E-state index < -0.39 is 0 Å². The molecule has 2 atom stereocenters. The number of hydrogen-bond acceptors (Lipinski definition) is 2. The number of thioether (sulfide) groups is 1. The summed E-state index contributed by atoms with van der Waals surface area (Å²) in [6.45, 7) is 3.26. The molecule has 1 N–H and O–H groups in total. The van der Waals surface area contributed by atoms with Gasteiger partial charge >= 0.3 is 0 Å². The van der Waals surface area contributed by atoms with Crippen molar-refractivity contribution >= 4 is 23.4 Å². The van der Waals surface area contributed by atoms with Crippen molar-refractivity contribution in [2.45, 2.75) is 61.6 Å². The highest BCUT2D eigenvalue weighted by molar-refractivity contribution is 8.00. The summed E-state index contributed by atoms with van der Waals surface area (Å²) in [6.07, 6.45) is 8.09. The lowest BCUT2D eigenvalue weighted by atomic mass is 9.96. The zero-order chi connectivity index (χ0) is 13.5. The Hall–Kier alpha value is -0.180. The Bertz CT molecular complexity index is 383. The van der Waals surface area contributed by atoms with E-state index >= 15 is 0 Å². The molecular weight excluding hydrogens is 274 g/mol. The lowest BCUT2D eigenvalue weighted by molar-refractivity contribution is 0.406. The van der Waals surface area contributed by atoms with E-state index in [-0.39, 0.29) is 0 Å². The van der Waals surface area contributed by atoms with E-state index in [4.69, 9.17) is 11.6 Å². The highest BCUT2D eigenvalue weighted by atomic mass is 35.5. The molecule has 0 aliphatic heterocycles. The van der Waals surface area contributed by atoms with Crippen LogP contribution in [0.1, 0.15) is 45.4 Å². The van der Waals surface area contributed by atoms with Crippen LogP contribution in [0.5, 0.6) is 0 Å². The smallest absolute Gasteiger partial charge is 0.0541 e. The maximum atomic E-state index is 6.30. The van der Waals surface area contributed by atoms with Crippen molar-refractivity contribution in [1.29, 1.82) is 0 Å². The van der Waals surface area contributed by atoms with Crippen molar-refractivity contribution in [3.8, 4) is 0 Å². The van der Waals surface area contributed by atoms with Gasteiger partial charge in [-0.3, -0.25) is 0 Å². The molecule has 3 heteroatoms. The van der Waals surface area contributed by atoms with E-state index in [1.165, 1.54) is 43.4 Å². The van der Waals surface area contributed by atoms with Crippen molar-refractivity contribution in [2.24, 2.45) is 0 Å². The SMILES string of the molecule is CCNC1CCCCCCC1Sc1ccccc1Cl. The summed E-state index contributed by atoms with van der Waals surface area (Å²) in [4.78, 5) is 1.23. The van der Waals surface area contributed by atoms with Gasteiger partial charge in [0.2, 0.25) is 0 Å². The molecule has 2 rings (SSSR count). The molecule has 0 aromatic heterocycles. The molecule has 1 saturated carbocycles. The molecule has 1 nitrogen and oxygen atoms in total. The second-order valence-electron chi connectivity index (χ2n) is 5.24. The van der Waals surface area contributed by atoms with Gasteiger partial charge in [-0.1, -0.05) is 56.3 Å². The van der Waals surface area contributed by atoms with Crippen LogP contribution < -0.4 is 5.32 Å². The average molecular weight is 298 g/mol. The molecule has 0 spiro atoms. The summed E-state index contributed by atoms with van der Waals surface area (Å²) >= 11 is 8.27. The van der Waals surface area contributed by atoms with E-state index in [2.05, 4.69) is 24.4 Å². The first kappa shape index (κ1) is 15.2. The van der Waals surface area contributed by atoms with Crippen LogP contribution in [0.4, 0.5) is 0 Å². The fourth-order valence-corrected chi connectivity index (χ4v) is 4.40. The summed E-state index contributed by atoms with van der Waals surface area (Å²) in [6, 6.07) is 8.86. The van der Waals surface area contributed by atoms with Crippen molar-refractivity contribution < 1.29 is 0 Å². The Labute approximate surface area is 126 Å². The molecule has 1 fully saturated rings. The monoisotopic (exact) mass is 297 g/mol. The maximum absolute atomic E-state index is 6.30. The molecule has 0 saturated heterocycles. The van der Waals surface area contributed by atoms with Gasteiger partial charge in [-0.2, -0.15) is 0 Å². The zero-order valence-corrected chi connectivity index (χ0v) is 13.3. The van der Waals surface area contributed by atoms with Crippen LogP contribution in [-0.2, 0) is 0 Å². The average Bonchev–Trinajstić information content (AvgIpc) is 2.39. The predicted molar refractivity (Wildman–Crippen MR) is 86.3 cm³/mol. The van der Waals surface area contributed by atoms with Gasteiger partial charge in [0.25, 0.3) is 0 Å². The number of halogens is 1. The van der Waals surface area contributed by atoms with Gasteiger partial charge in [0.05, 0.1) is 5.02 Å². The highest BCUT2D eigenvalue weighted by Gasteiger charge is 2.23. The fourth-order valence-electron chi connectivity index (χ4n) is 2.79. The lowest BCUT2D eigenvalue weighted by Gasteiger charge is -2.29. The third-order valence-electron chi connectivity index (χ3n) is 3.78. The third kappa shape index (κ3) is 4.70. The first-order chi connectivity index (χ1) is 9.31. The molecule has 1 aliphatic carbocycles. The summed E-state index contributed by atoms with van der Waals surface area (Å²) in [5.74, 6) is 0. The van der Waals surface area contributed by atoms with E-state index in [0.29, 0.717) is 11.3 Å². The first-order valence-electron chi connectivity index (χ1n) is 7.46. The minimum atomic E-state index is 0.631. The van der Waals surface area contributed by atoms with Crippen molar-refractivity contribution in [2.75, 3.05) is 6.54 Å². The Morgan fingerprint density at radius 3 is 2.63 bits per heavy atom. The molecule has 0 amide bonds. The van der Waals surface area contributed by atoms with Crippen LogP contribution in [0.2, 0.25) is 5.02 Å². The van der Waals surface area contributed by atoms with E-state index in [1.807, 2.05) is 23.9 Å². The molecule has 0 bridgehead atoms. The van der Waals surface area contributed by atoms with Crippen LogP contribution in [0.3, 0.4) is 0 Å². The molecule has 19 heavy (non-hydrogen) atoms. The van der Waals surface area contributed by atoms with E-state index in [0.717, 1.165) is 11.6 Å². The van der Waals surface area contributed by atoms with Gasteiger partial charge in [-0.25, -0.2) is 0 Å². The maximum Gasteiger partial charge on any atom is 0.0541 e. The van der Waals surface area contributed by atoms with Crippen LogP contribution in [0, 0.1) is 0 Å². The van der Waals surface area contributed by atoms with Crippen molar-refractivity contribution in [3.05, 3.63) is 29.3 Å². The summed E-state index contributed by atoms with van der Waals surface area (Å²) in [5, 5.41) is 5.22. The number of nitrogens with one attached hydrogen (secondary N) is 1. The van der Waals surface area contributed by atoms with Gasteiger partial charge < -0.3 is 5.32 Å². The van der Waals surface area contributed by atoms with Gasteiger partial charge in [0.1, 0.15) is 0 Å². The fraction of sp³-hybridized carbons (Fsp3) is 0.625. The van der Waals surface area contributed by atoms with Gasteiger partial charge in [0, 0.05) is 16.2 Å². The summed E-state index contributed by atoms with van der Waals surface area (Å²) in [7, 11) is 0. The number of benzene rings is 1. The minimum absolute atomic E-state index is 0.631. The Balaban J connectivity index is 2.06. The molecular formula is C16H24ClNS. The zero-order valence-electron chi connectivity index (χ0n) is 11.7. The standard InChI is InChI=1S/C16H24ClNS/c1-2-18-14-10-5-3-4-6-12-16(14)19-15-11-8-7-9-13(15)17/h7-9,11,14,16,18H,2-6,10,12H2,1H3. The van der Waals surface area contributed by atoms with Crippen LogP contribution in [0.25, 0.3) is 0 Å². The van der Waals surface area contributed by atoms with E-state index in [9.17, 15) is 0 Å². The van der Waals surface area contributed by atoms with Gasteiger partial charge in [0.15, 0.2) is 0 Å². The molecule has 0 radical (unpaired) electrons. The minimum Gasteiger partial charge on any atom is -0.313 e. The van der Waals surface area contributed by atoms with Crippen LogP contribution >= 0.6 is 23.4 Å². The Morgan fingerprint density at radius 1 is 1.16 bits per heavy atom. The quantitative estimate of drug-likeness (QED) is 0.826. The first-order valence-corrected chi connectivity index (χ1v) is 8.71. The topological polar surface area (TPSA) is 12.0 Å². The van der Waals surface area contributed by atoms with Crippen LogP contribution in [-0.4, -0.2) is 17.8 Å². The third-order valence-corrected chi connectivity index (χ3v) is 5.70. The van der Waals surface area contributed by atoms with Crippen molar-refractivity contribution in [1.82, 2.24) is 5.32 Å². The van der Waals surface area contributed by atoms with E-state index in [1.54, 1.807) is 0 Å². The second-order valence-corrected chi connectivity index (χ2v) is 6.93. The normalized spacial score (nSPS) is 24.7. The highest BCUT2D eigenvalue weighted by Crippen LogP contribution is 2.36. The molecule has 0 heterocycles. The van der Waals surface area contributed by atoms with Crippen molar-refractivity contribution in [3.63, 3.8) is 0 Å². The summed E-state index contributed by atoms with van der Waals surface area (Å²) in [5.41, 5.74) is 0. The molecule has 106 valence electrons. The lowest BCUT2D eigenvalue weighted by Crippen LogP contribution is -2.38. The molecule has 1 aliphatic rings. The molecule has 1 aromatic rings. The molecule has 1 aromatic carbocycles. The van der Waals surface area contributed by atoms with Gasteiger partial charge in [-0.15, -0.1) is 11.8 Å². The second kappa shape index (κ2) is 8.18. The Kier molecular flexibility index (Phi) is 6.55.